The molecule has 0 spiro atoms. The fraction of sp³-hybridized carbons (Fsp3) is 0.250. The van der Waals surface area contributed by atoms with E-state index in [2.05, 4.69) is 20.3 Å². The van der Waals surface area contributed by atoms with Crippen LogP contribution < -0.4 is 5.32 Å². The van der Waals surface area contributed by atoms with Crippen molar-refractivity contribution in [2.24, 2.45) is 0 Å². The molecule has 1 N–H and O–H groups in total. The van der Waals surface area contributed by atoms with Crippen LogP contribution >= 0.6 is 11.3 Å². The number of carbonyl (C=O) groups is 2. The minimum Gasteiger partial charge on any atom is -0.296 e. The van der Waals surface area contributed by atoms with E-state index in [9.17, 15) is 9.59 Å². The predicted octanol–water partition coefficient (Wildman–Crippen LogP) is 1.70. The molecule has 0 aromatic carbocycles. The number of nitrogens with zero attached hydrogens (tertiary/aromatic N) is 3. The number of fused-ring (bicyclic) bond motifs is 1. The number of aryl methyl sites for hydroxylation is 1. The number of amides is 1. The molecule has 0 atom stereocenters. The zero-order chi connectivity index (χ0) is 13.2. The summed E-state index contributed by atoms with van der Waals surface area (Å²) in [6.07, 6.45) is 6.51. The summed E-state index contributed by atoms with van der Waals surface area (Å²) < 4.78 is 0. The highest BCUT2D eigenvalue weighted by Crippen LogP contribution is 2.29. The molecule has 0 saturated carbocycles. The van der Waals surface area contributed by atoms with Gasteiger partial charge in [-0.15, -0.1) is 0 Å². The van der Waals surface area contributed by atoms with Crippen molar-refractivity contribution in [3.8, 4) is 0 Å². The van der Waals surface area contributed by atoms with Gasteiger partial charge in [0.25, 0.3) is 5.91 Å². The molecule has 2 aromatic rings. The Morgan fingerprint density at radius 3 is 2.95 bits per heavy atom. The topological polar surface area (TPSA) is 84.8 Å². The molecule has 0 aliphatic heterocycles. The van der Waals surface area contributed by atoms with Gasteiger partial charge in [-0.1, -0.05) is 11.3 Å². The van der Waals surface area contributed by atoms with Crippen molar-refractivity contribution in [3.05, 3.63) is 34.9 Å². The van der Waals surface area contributed by atoms with Gasteiger partial charge in [-0.05, 0) is 12.8 Å². The Labute approximate surface area is 112 Å². The van der Waals surface area contributed by atoms with E-state index in [1.165, 1.54) is 29.9 Å². The molecule has 19 heavy (non-hydrogen) atoms. The molecule has 3 rings (SSSR count). The normalized spacial score (nSPS) is 14.0. The molecule has 0 bridgehead atoms. The molecule has 0 fully saturated rings. The van der Waals surface area contributed by atoms with Gasteiger partial charge < -0.3 is 0 Å². The molecule has 1 aliphatic carbocycles. The van der Waals surface area contributed by atoms with E-state index in [1.807, 2.05) is 0 Å². The molecule has 1 amide bonds. The summed E-state index contributed by atoms with van der Waals surface area (Å²) in [6.45, 7) is 0. The second-order valence-corrected chi connectivity index (χ2v) is 5.12. The fourth-order valence-corrected chi connectivity index (χ4v) is 2.87. The fourth-order valence-electron chi connectivity index (χ4n) is 1.90. The van der Waals surface area contributed by atoms with Crippen molar-refractivity contribution < 1.29 is 9.59 Å². The highest BCUT2D eigenvalue weighted by molar-refractivity contribution is 7.17. The molecular weight excluding hydrogens is 264 g/mol. The first kappa shape index (κ1) is 11.9. The van der Waals surface area contributed by atoms with Gasteiger partial charge in [0, 0.05) is 18.8 Å². The third-order valence-corrected chi connectivity index (χ3v) is 3.84. The maximum absolute atomic E-state index is 11.9. The summed E-state index contributed by atoms with van der Waals surface area (Å²) in [5.74, 6) is -0.259. The van der Waals surface area contributed by atoms with E-state index >= 15 is 0 Å². The van der Waals surface area contributed by atoms with Crippen molar-refractivity contribution in [2.45, 2.75) is 19.3 Å². The number of Topliss-reactive ketones (excluding diaryl/α,β-unsaturated/α-hetero) is 1. The van der Waals surface area contributed by atoms with Crippen LogP contribution in [-0.2, 0) is 6.42 Å². The van der Waals surface area contributed by atoms with E-state index in [4.69, 9.17) is 0 Å². The predicted molar refractivity (Wildman–Crippen MR) is 69.4 cm³/mol. The van der Waals surface area contributed by atoms with Crippen molar-refractivity contribution in [1.82, 2.24) is 15.0 Å². The van der Waals surface area contributed by atoms with Crippen LogP contribution in [0.25, 0.3) is 0 Å². The van der Waals surface area contributed by atoms with Gasteiger partial charge in [-0.25, -0.2) is 9.97 Å². The number of anilines is 1. The Kier molecular flexibility index (Phi) is 3.04. The van der Waals surface area contributed by atoms with Gasteiger partial charge in [0.05, 0.1) is 16.8 Å². The average Bonchev–Trinajstić information content (AvgIpc) is 2.84. The van der Waals surface area contributed by atoms with Crippen molar-refractivity contribution >= 4 is 28.2 Å². The van der Waals surface area contributed by atoms with Crippen molar-refractivity contribution in [2.75, 3.05) is 5.32 Å². The minimum absolute atomic E-state index is 0.110. The van der Waals surface area contributed by atoms with Crippen LogP contribution in [0.2, 0.25) is 0 Å². The molecule has 2 aromatic heterocycles. The summed E-state index contributed by atoms with van der Waals surface area (Å²) in [5, 5.41) is 3.09. The van der Waals surface area contributed by atoms with Gasteiger partial charge in [0.1, 0.15) is 5.69 Å². The Hall–Kier alpha value is -2.15. The second-order valence-electron chi connectivity index (χ2n) is 4.12. The standard InChI is InChI=1S/C12H10N4O2S/c17-9-3-1-2-7-10(9)19-12(15-7)16-11(18)8-6-13-4-5-14-8/h4-6H,1-3H2,(H,15,16,18). The lowest BCUT2D eigenvalue weighted by Crippen LogP contribution is -2.13. The molecule has 0 unspecified atom stereocenters. The van der Waals surface area contributed by atoms with Crippen molar-refractivity contribution in [3.63, 3.8) is 0 Å². The lowest BCUT2D eigenvalue weighted by Gasteiger charge is -2.05. The van der Waals surface area contributed by atoms with E-state index in [0.717, 1.165) is 18.5 Å². The average molecular weight is 274 g/mol. The molecule has 0 saturated heterocycles. The van der Waals surface area contributed by atoms with Crippen LogP contribution in [-0.4, -0.2) is 26.6 Å². The zero-order valence-electron chi connectivity index (χ0n) is 9.92. The quantitative estimate of drug-likeness (QED) is 0.901. The number of ketones is 1. The number of thiazole rings is 1. The third-order valence-electron chi connectivity index (χ3n) is 2.78. The van der Waals surface area contributed by atoms with Crippen LogP contribution in [0.1, 0.15) is 38.7 Å². The summed E-state index contributed by atoms with van der Waals surface area (Å²) in [5.41, 5.74) is 1.01. The number of rotatable bonds is 2. The first-order valence-corrected chi connectivity index (χ1v) is 6.66. The summed E-state index contributed by atoms with van der Waals surface area (Å²) >= 11 is 1.23. The lowest BCUT2D eigenvalue weighted by atomic mass is 10.0. The molecule has 96 valence electrons. The Morgan fingerprint density at radius 2 is 2.21 bits per heavy atom. The van der Waals surface area contributed by atoms with Crippen LogP contribution in [0.5, 0.6) is 0 Å². The molecule has 0 radical (unpaired) electrons. The minimum atomic E-state index is -0.369. The van der Waals surface area contributed by atoms with Gasteiger partial charge >= 0.3 is 0 Å². The maximum atomic E-state index is 11.9. The SMILES string of the molecule is O=C(Nc1nc2c(s1)C(=O)CCC2)c1cnccn1. The van der Waals surface area contributed by atoms with Crippen LogP contribution in [0.15, 0.2) is 18.6 Å². The highest BCUT2D eigenvalue weighted by atomic mass is 32.1. The van der Waals surface area contributed by atoms with Gasteiger partial charge in [0.2, 0.25) is 0 Å². The summed E-state index contributed by atoms with van der Waals surface area (Å²) in [4.78, 5) is 36.3. The number of hydrogen-bond donors (Lipinski definition) is 1. The largest absolute Gasteiger partial charge is 0.296 e. The molecule has 7 heteroatoms. The maximum Gasteiger partial charge on any atom is 0.277 e. The number of aromatic nitrogens is 3. The number of carbonyl (C=O) groups excluding carboxylic acids is 2. The summed E-state index contributed by atoms with van der Waals surface area (Å²) in [7, 11) is 0. The molecular formula is C12H10N4O2S. The monoisotopic (exact) mass is 274 g/mol. The Balaban J connectivity index is 1.81. The third kappa shape index (κ3) is 2.37. The van der Waals surface area contributed by atoms with Crippen LogP contribution in [0.4, 0.5) is 5.13 Å². The Bertz CT molecular complexity index is 638. The van der Waals surface area contributed by atoms with E-state index in [-0.39, 0.29) is 17.4 Å². The van der Waals surface area contributed by atoms with E-state index in [0.29, 0.717) is 16.4 Å². The van der Waals surface area contributed by atoms with E-state index < -0.39 is 0 Å². The first-order chi connectivity index (χ1) is 9.24. The first-order valence-electron chi connectivity index (χ1n) is 5.84. The molecule has 1 aliphatic rings. The van der Waals surface area contributed by atoms with Crippen LogP contribution in [0, 0.1) is 0 Å². The molecule has 2 heterocycles. The van der Waals surface area contributed by atoms with Gasteiger partial charge in [-0.2, -0.15) is 0 Å². The van der Waals surface area contributed by atoms with Crippen molar-refractivity contribution in [1.29, 1.82) is 0 Å². The zero-order valence-corrected chi connectivity index (χ0v) is 10.7. The highest BCUT2D eigenvalue weighted by Gasteiger charge is 2.23. The number of nitrogens with one attached hydrogen (secondary N) is 1. The smallest absolute Gasteiger partial charge is 0.277 e. The lowest BCUT2D eigenvalue weighted by molar-refractivity contribution is 0.0975. The second kappa shape index (κ2) is 4.85. The Morgan fingerprint density at radius 1 is 1.32 bits per heavy atom. The molecule has 6 nitrogen and oxygen atoms in total. The van der Waals surface area contributed by atoms with Gasteiger partial charge in [0.15, 0.2) is 10.9 Å². The summed E-state index contributed by atoms with van der Waals surface area (Å²) in [6, 6.07) is 0. The van der Waals surface area contributed by atoms with Gasteiger partial charge in [-0.3, -0.25) is 19.9 Å². The van der Waals surface area contributed by atoms with Crippen LogP contribution in [0.3, 0.4) is 0 Å². The van der Waals surface area contributed by atoms with E-state index in [1.54, 1.807) is 0 Å². The number of hydrogen-bond acceptors (Lipinski definition) is 6.